The number of sulfone groups is 1. The topological polar surface area (TPSA) is 76.6 Å². The number of carbonyl (C=O) groups is 1. The third kappa shape index (κ3) is 4.26. The molecule has 1 aliphatic heterocycles. The van der Waals surface area contributed by atoms with Gasteiger partial charge in [-0.1, -0.05) is 36.5 Å². The molecule has 3 aromatic rings. The third-order valence-electron chi connectivity index (χ3n) is 5.27. The van der Waals surface area contributed by atoms with Crippen LogP contribution in [0.3, 0.4) is 0 Å². The quantitative estimate of drug-likeness (QED) is 0.572. The van der Waals surface area contributed by atoms with Gasteiger partial charge in [0.15, 0.2) is 15.0 Å². The number of aryl methyl sites for hydroxylation is 1. The molecule has 1 saturated heterocycles. The van der Waals surface area contributed by atoms with E-state index in [1.165, 1.54) is 23.5 Å². The molecule has 1 unspecified atom stereocenters. The maximum absolute atomic E-state index is 13.5. The monoisotopic (exact) mass is 444 g/mol. The van der Waals surface area contributed by atoms with Gasteiger partial charge in [-0.05, 0) is 49.1 Å². The van der Waals surface area contributed by atoms with Gasteiger partial charge >= 0.3 is 0 Å². The molecule has 158 valence electrons. The average Bonchev–Trinajstić information content (AvgIpc) is 3.40. The maximum Gasteiger partial charge on any atom is 0.260 e. The number of anilines is 1. The summed E-state index contributed by atoms with van der Waals surface area (Å²) in [6, 6.07) is 12.2. The number of thiazole rings is 1. The molecule has 30 heavy (non-hydrogen) atoms. The Morgan fingerprint density at radius 2 is 2.07 bits per heavy atom. The molecule has 8 heteroatoms. The van der Waals surface area contributed by atoms with Gasteiger partial charge in [-0.3, -0.25) is 9.69 Å². The SMILES string of the molecule is CCc1cccc2sc(N(CC3CCCO3)C(=O)c3cccc(S(C)(=O)=O)c3)nc12. The Morgan fingerprint density at radius 3 is 2.77 bits per heavy atom. The summed E-state index contributed by atoms with van der Waals surface area (Å²) >= 11 is 1.47. The summed E-state index contributed by atoms with van der Waals surface area (Å²) in [4.78, 5) is 20.0. The van der Waals surface area contributed by atoms with Crippen molar-refractivity contribution in [3.05, 3.63) is 53.6 Å². The van der Waals surface area contributed by atoms with Gasteiger partial charge in [-0.25, -0.2) is 13.4 Å². The molecule has 0 radical (unpaired) electrons. The Morgan fingerprint density at radius 1 is 1.27 bits per heavy atom. The minimum Gasteiger partial charge on any atom is -0.376 e. The minimum absolute atomic E-state index is 0.0512. The summed E-state index contributed by atoms with van der Waals surface area (Å²) < 4.78 is 30.7. The molecular weight excluding hydrogens is 420 g/mol. The second-order valence-electron chi connectivity index (χ2n) is 7.46. The van der Waals surface area contributed by atoms with Crippen molar-refractivity contribution in [1.29, 1.82) is 0 Å². The van der Waals surface area contributed by atoms with E-state index in [0.717, 1.165) is 41.3 Å². The van der Waals surface area contributed by atoms with Crippen LogP contribution in [0.15, 0.2) is 47.4 Å². The molecule has 0 bridgehead atoms. The number of ether oxygens (including phenoxy) is 1. The fraction of sp³-hybridized carbons (Fsp3) is 0.364. The first kappa shape index (κ1) is 21.0. The number of benzene rings is 2. The zero-order chi connectivity index (χ0) is 21.3. The molecule has 6 nitrogen and oxygen atoms in total. The Labute approximate surface area is 180 Å². The number of rotatable bonds is 6. The summed E-state index contributed by atoms with van der Waals surface area (Å²) in [5.74, 6) is -0.270. The fourth-order valence-electron chi connectivity index (χ4n) is 3.65. The summed E-state index contributed by atoms with van der Waals surface area (Å²) in [5, 5.41) is 0.608. The predicted molar refractivity (Wildman–Crippen MR) is 119 cm³/mol. The molecule has 0 aliphatic carbocycles. The molecule has 0 saturated carbocycles. The smallest absolute Gasteiger partial charge is 0.260 e. The van der Waals surface area contributed by atoms with Gasteiger partial charge in [0.25, 0.3) is 5.91 Å². The maximum atomic E-state index is 13.5. The highest BCUT2D eigenvalue weighted by Gasteiger charge is 2.27. The van der Waals surface area contributed by atoms with Gasteiger partial charge in [0.05, 0.1) is 27.8 Å². The highest BCUT2D eigenvalue weighted by atomic mass is 32.2. The molecule has 0 N–H and O–H groups in total. The van der Waals surface area contributed by atoms with E-state index >= 15 is 0 Å². The van der Waals surface area contributed by atoms with E-state index in [1.54, 1.807) is 17.0 Å². The average molecular weight is 445 g/mol. The molecule has 2 heterocycles. The highest BCUT2D eigenvalue weighted by Crippen LogP contribution is 2.33. The highest BCUT2D eigenvalue weighted by molar-refractivity contribution is 7.90. The zero-order valence-electron chi connectivity index (χ0n) is 17.0. The molecule has 4 rings (SSSR count). The van der Waals surface area contributed by atoms with Crippen molar-refractivity contribution in [2.45, 2.75) is 37.2 Å². The number of para-hydroxylation sites is 1. The van der Waals surface area contributed by atoms with E-state index in [4.69, 9.17) is 9.72 Å². The van der Waals surface area contributed by atoms with Crippen LogP contribution in [0.5, 0.6) is 0 Å². The van der Waals surface area contributed by atoms with E-state index in [0.29, 0.717) is 23.8 Å². The Hall–Kier alpha value is -2.29. The first-order chi connectivity index (χ1) is 14.4. The van der Waals surface area contributed by atoms with Gasteiger partial charge in [0.2, 0.25) is 0 Å². The lowest BCUT2D eigenvalue weighted by molar-refractivity contribution is 0.0917. The first-order valence-corrected chi connectivity index (χ1v) is 12.7. The second-order valence-corrected chi connectivity index (χ2v) is 10.5. The van der Waals surface area contributed by atoms with Crippen molar-refractivity contribution >= 4 is 42.4 Å². The van der Waals surface area contributed by atoms with Crippen LogP contribution in [-0.2, 0) is 21.0 Å². The lowest BCUT2D eigenvalue weighted by atomic mass is 10.1. The fourth-order valence-corrected chi connectivity index (χ4v) is 5.34. The summed E-state index contributed by atoms with van der Waals surface area (Å²) in [7, 11) is -3.41. The van der Waals surface area contributed by atoms with Gasteiger partial charge in [-0.2, -0.15) is 0 Å². The Balaban J connectivity index is 1.76. The van der Waals surface area contributed by atoms with Crippen molar-refractivity contribution in [3.8, 4) is 0 Å². The Bertz CT molecular complexity index is 1180. The van der Waals surface area contributed by atoms with Crippen molar-refractivity contribution in [3.63, 3.8) is 0 Å². The lowest BCUT2D eigenvalue weighted by Gasteiger charge is -2.23. The number of hydrogen-bond acceptors (Lipinski definition) is 6. The number of hydrogen-bond donors (Lipinski definition) is 0. The number of aromatic nitrogens is 1. The minimum atomic E-state index is -3.41. The molecule has 1 aromatic heterocycles. The number of carbonyl (C=O) groups excluding carboxylic acids is 1. The van der Waals surface area contributed by atoms with E-state index in [1.807, 2.05) is 18.2 Å². The predicted octanol–water partition coefficient (Wildman–Crippen LogP) is 4.09. The normalized spacial score (nSPS) is 16.8. The van der Waals surface area contributed by atoms with Crippen LogP contribution in [-0.4, -0.2) is 44.8 Å². The van der Waals surface area contributed by atoms with Gasteiger partial charge in [-0.15, -0.1) is 0 Å². The number of amides is 1. The van der Waals surface area contributed by atoms with Crippen molar-refractivity contribution in [2.24, 2.45) is 0 Å². The van der Waals surface area contributed by atoms with Crippen LogP contribution in [0.25, 0.3) is 10.2 Å². The van der Waals surface area contributed by atoms with Gasteiger partial charge in [0.1, 0.15) is 0 Å². The number of fused-ring (bicyclic) bond motifs is 1. The van der Waals surface area contributed by atoms with Crippen LogP contribution in [0.4, 0.5) is 5.13 Å². The van der Waals surface area contributed by atoms with Crippen LogP contribution < -0.4 is 4.90 Å². The van der Waals surface area contributed by atoms with E-state index in [-0.39, 0.29) is 16.9 Å². The van der Waals surface area contributed by atoms with Crippen molar-refractivity contribution < 1.29 is 17.9 Å². The largest absolute Gasteiger partial charge is 0.376 e. The second kappa shape index (κ2) is 8.45. The molecule has 0 spiro atoms. The Kier molecular flexibility index (Phi) is 5.90. The molecular formula is C22H24N2O4S2. The molecule has 1 aliphatic rings. The summed E-state index contributed by atoms with van der Waals surface area (Å²) in [6.45, 7) is 3.17. The van der Waals surface area contributed by atoms with Crippen LogP contribution in [0.1, 0.15) is 35.7 Å². The van der Waals surface area contributed by atoms with Crippen LogP contribution >= 0.6 is 11.3 Å². The van der Waals surface area contributed by atoms with Crippen molar-refractivity contribution in [2.75, 3.05) is 24.3 Å². The molecule has 1 fully saturated rings. The van der Waals surface area contributed by atoms with Crippen LogP contribution in [0.2, 0.25) is 0 Å². The van der Waals surface area contributed by atoms with E-state index < -0.39 is 9.84 Å². The molecule has 1 amide bonds. The molecule has 2 aromatic carbocycles. The van der Waals surface area contributed by atoms with Crippen LogP contribution in [0, 0.1) is 0 Å². The summed E-state index contributed by atoms with van der Waals surface area (Å²) in [5.41, 5.74) is 2.37. The van der Waals surface area contributed by atoms with Gasteiger partial charge in [0, 0.05) is 18.4 Å². The van der Waals surface area contributed by atoms with E-state index in [2.05, 4.69) is 6.92 Å². The summed E-state index contributed by atoms with van der Waals surface area (Å²) in [6.07, 6.45) is 3.80. The molecule has 1 atom stereocenters. The first-order valence-electron chi connectivity index (χ1n) is 9.99. The lowest BCUT2D eigenvalue weighted by Crippen LogP contribution is -2.37. The number of nitrogens with zero attached hydrogens (tertiary/aromatic N) is 2. The van der Waals surface area contributed by atoms with E-state index in [9.17, 15) is 13.2 Å². The third-order valence-corrected chi connectivity index (χ3v) is 7.42. The van der Waals surface area contributed by atoms with Crippen molar-refractivity contribution in [1.82, 2.24) is 4.98 Å². The standard InChI is InChI=1S/C22H24N2O4S2/c1-3-15-7-5-11-19-20(15)23-22(29-19)24(14-17-9-6-12-28-17)21(25)16-8-4-10-18(13-16)30(2,26)27/h4-5,7-8,10-11,13,17H,3,6,9,12,14H2,1-2H3. The zero-order valence-corrected chi connectivity index (χ0v) is 18.6. The van der Waals surface area contributed by atoms with Gasteiger partial charge < -0.3 is 4.74 Å².